The first-order valence-corrected chi connectivity index (χ1v) is 10.0. The molecule has 0 aromatic heterocycles. The average Bonchev–Trinajstić information content (AvgIpc) is 2.59. The van der Waals surface area contributed by atoms with E-state index in [1.54, 1.807) is 32.0 Å². The maximum Gasteiger partial charge on any atom is 0.228 e. The second kappa shape index (κ2) is 12.1. The fourth-order valence-corrected chi connectivity index (χ4v) is 2.92. The molecule has 0 saturated heterocycles. The van der Waals surface area contributed by atoms with Crippen LogP contribution in [0.4, 0.5) is 0 Å². The Bertz CT molecular complexity index is 525. The van der Waals surface area contributed by atoms with E-state index in [0.29, 0.717) is 18.2 Å². The van der Waals surface area contributed by atoms with E-state index in [2.05, 4.69) is 25.8 Å². The zero-order valence-electron chi connectivity index (χ0n) is 18.2. The van der Waals surface area contributed by atoms with Gasteiger partial charge in [-0.1, -0.05) is 45.6 Å². The molecule has 1 N–H and O–H groups in total. The third-order valence-electron chi connectivity index (χ3n) is 4.96. The molecule has 1 atom stereocenters. The number of hydrogen-bond donors (Lipinski definition) is 1. The monoisotopic (exact) mass is 364 g/mol. The molecule has 0 radical (unpaired) electrons. The summed E-state index contributed by atoms with van der Waals surface area (Å²) in [5.74, 6) is 1.14. The lowest BCUT2D eigenvalue weighted by molar-refractivity contribution is -0.129. The second-order valence-electron chi connectivity index (χ2n) is 7.59. The molecule has 150 valence electrons. The van der Waals surface area contributed by atoms with Crippen molar-refractivity contribution in [1.82, 2.24) is 4.90 Å². The van der Waals surface area contributed by atoms with Gasteiger partial charge in [0.25, 0.3) is 0 Å². The highest BCUT2D eigenvalue weighted by atomic mass is 16.3. The molecule has 1 unspecified atom stereocenters. The number of amides is 1. The lowest BCUT2D eigenvalue weighted by atomic mass is 9.93. The quantitative estimate of drug-likeness (QED) is 0.493. The van der Waals surface area contributed by atoms with Gasteiger partial charge in [0, 0.05) is 25.3 Å². The van der Waals surface area contributed by atoms with Crippen molar-refractivity contribution in [2.75, 3.05) is 7.05 Å². The van der Waals surface area contributed by atoms with Crippen LogP contribution in [0.25, 0.3) is 0 Å². The summed E-state index contributed by atoms with van der Waals surface area (Å²) in [7, 11) is 1.78. The van der Waals surface area contributed by atoms with Crippen molar-refractivity contribution in [2.24, 2.45) is 10.9 Å². The highest BCUT2D eigenvalue weighted by Gasteiger charge is 2.21. The SMILES string of the molecule is C\C=C(/N=C\C(=C(/C)CC)C(C)(C)O)N(C)C(=O)CC(CC)CCCC. The number of nitrogens with zero attached hydrogens (tertiary/aromatic N) is 2. The van der Waals surface area contributed by atoms with Crippen molar-refractivity contribution in [1.29, 1.82) is 0 Å². The molecule has 4 heteroatoms. The molecule has 0 aromatic carbocycles. The van der Waals surface area contributed by atoms with E-state index in [1.807, 2.05) is 19.9 Å². The average molecular weight is 365 g/mol. The maximum absolute atomic E-state index is 12.7. The minimum absolute atomic E-state index is 0.0965. The standard InChI is InChI=1S/C22H40N2O2/c1-9-13-14-18(11-3)15-21(25)24(8)20(12-4)23-16-19(17(5)10-2)22(6,7)26/h12,16,18,26H,9-11,13-15H2,1-8H3/b19-17-,20-12+,23-16-. The van der Waals surface area contributed by atoms with Gasteiger partial charge in [0.1, 0.15) is 5.82 Å². The van der Waals surface area contributed by atoms with Crippen LogP contribution in [0.5, 0.6) is 0 Å². The Balaban J connectivity index is 5.25. The van der Waals surface area contributed by atoms with E-state index in [4.69, 9.17) is 0 Å². The topological polar surface area (TPSA) is 52.9 Å². The minimum Gasteiger partial charge on any atom is -0.386 e. The summed E-state index contributed by atoms with van der Waals surface area (Å²) in [6.07, 6.45) is 9.39. The molecule has 0 aliphatic rings. The molecular formula is C22H40N2O2. The zero-order valence-corrected chi connectivity index (χ0v) is 18.2. The third-order valence-corrected chi connectivity index (χ3v) is 4.96. The van der Waals surface area contributed by atoms with Crippen LogP contribution >= 0.6 is 0 Å². The number of unbranched alkanes of at least 4 members (excludes halogenated alkanes) is 1. The van der Waals surface area contributed by atoms with Gasteiger partial charge in [0.15, 0.2) is 0 Å². The van der Waals surface area contributed by atoms with Gasteiger partial charge in [-0.15, -0.1) is 0 Å². The molecule has 0 aromatic rings. The second-order valence-corrected chi connectivity index (χ2v) is 7.59. The van der Waals surface area contributed by atoms with Gasteiger partial charge in [-0.25, -0.2) is 4.99 Å². The Kier molecular flexibility index (Phi) is 11.4. The summed E-state index contributed by atoms with van der Waals surface area (Å²) in [6.45, 7) is 13.8. The molecular weight excluding hydrogens is 324 g/mol. The number of carbonyl (C=O) groups is 1. The molecule has 0 aliphatic carbocycles. The van der Waals surface area contributed by atoms with Gasteiger partial charge in [-0.05, 0) is 52.5 Å². The summed E-state index contributed by atoms with van der Waals surface area (Å²) >= 11 is 0. The van der Waals surface area contributed by atoms with E-state index in [1.165, 1.54) is 6.42 Å². The highest BCUT2D eigenvalue weighted by Crippen LogP contribution is 2.22. The lowest BCUT2D eigenvalue weighted by Crippen LogP contribution is -2.28. The van der Waals surface area contributed by atoms with E-state index in [-0.39, 0.29) is 5.91 Å². The number of hydrogen-bond acceptors (Lipinski definition) is 3. The molecule has 1 amide bonds. The first-order chi connectivity index (χ1) is 12.1. The van der Waals surface area contributed by atoms with Crippen LogP contribution in [0.2, 0.25) is 0 Å². The molecule has 4 nitrogen and oxygen atoms in total. The van der Waals surface area contributed by atoms with Gasteiger partial charge in [-0.2, -0.15) is 0 Å². The molecule has 0 rings (SSSR count). The van der Waals surface area contributed by atoms with E-state index in [0.717, 1.165) is 36.8 Å². The molecule has 0 fully saturated rings. The van der Waals surface area contributed by atoms with E-state index >= 15 is 0 Å². The zero-order chi connectivity index (χ0) is 20.3. The van der Waals surface area contributed by atoms with Crippen LogP contribution in [0.15, 0.2) is 28.0 Å². The predicted molar refractivity (Wildman–Crippen MR) is 112 cm³/mol. The van der Waals surface area contributed by atoms with Crippen LogP contribution in [0.1, 0.15) is 87.0 Å². The van der Waals surface area contributed by atoms with Crippen LogP contribution < -0.4 is 0 Å². The van der Waals surface area contributed by atoms with Gasteiger partial charge < -0.3 is 10.0 Å². The Morgan fingerprint density at radius 2 is 1.88 bits per heavy atom. The number of aliphatic hydroxyl groups is 1. The molecule has 0 saturated carbocycles. The minimum atomic E-state index is -0.960. The summed E-state index contributed by atoms with van der Waals surface area (Å²) in [5, 5.41) is 10.4. The fourth-order valence-electron chi connectivity index (χ4n) is 2.92. The molecule has 0 heterocycles. The highest BCUT2D eigenvalue weighted by molar-refractivity contribution is 5.84. The van der Waals surface area contributed by atoms with Gasteiger partial charge in [-0.3, -0.25) is 4.79 Å². The first-order valence-electron chi connectivity index (χ1n) is 10.0. The van der Waals surface area contributed by atoms with Gasteiger partial charge in [0.05, 0.1) is 5.60 Å². The maximum atomic E-state index is 12.7. The predicted octanol–water partition coefficient (Wildman–Crippen LogP) is 5.48. The van der Waals surface area contributed by atoms with Crippen LogP contribution in [-0.2, 0) is 4.79 Å². The Morgan fingerprint density at radius 1 is 1.27 bits per heavy atom. The van der Waals surface area contributed by atoms with Crippen molar-refractivity contribution in [3.8, 4) is 0 Å². The normalized spacial score (nSPS) is 15.2. The Labute approximate surface area is 161 Å². The van der Waals surface area contributed by atoms with Crippen molar-refractivity contribution < 1.29 is 9.90 Å². The summed E-state index contributed by atoms with van der Waals surface area (Å²) in [6, 6.07) is 0. The number of aliphatic imine (C=N–C) groups is 1. The molecule has 0 spiro atoms. The van der Waals surface area contributed by atoms with Gasteiger partial charge in [0.2, 0.25) is 5.91 Å². The molecule has 0 aliphatic heterocycles. The summed E-state index contributed by atoms with van der Waals surface area (Å²) in [4.78, 5) is 18.8. The number of allylic oxidation sites excluding steroid dienone is 2. The number of carbonyl (C=O) groups excluding carboxylic acids is 1. The fraction of sp³-hybridized carbons (Fsp3) is 0.727. The number of rotatable bonds is 11. The van der Waals surface area contributed by atoms with Crippen molar-refractivity contribution >= 4 is 12.1 Å². The van der Waals surface area contributed by atoms with Crippen LogP contribution in [0.3, 0.4) is 0 Å². The Morgan fingerprint density at radius 3 is 2.31 bits per heavy atom. The van der Waals surface area contributed by atoms with Gasteiger partial charge >= 0.3 is 0 Å². The first kappa shape index (κ1) is 24.6. The van der Waals surface area contributed by atoms with Crippen molar-refractivity contribution in [2.45, 2.75) is 92.6 Å². The smallest absolute Gasteiger partial charge is 0.228 e. The van der Waals surface area contributed by atoms with Crippen LogP contribution in [0, 0.1) is 5.92 Å². The van der Waals surface area contributed by atoms with Crippen molar-refractivity contribution in [3.05, 3.63) is 23.0 Å². The van der Waals surface area contributed by atoms with E-state index in [9.17, 15) is 9.90 Å². The van der Waals surface area contributed by atoms with Crippen molar-refractivity contribution in [3.63, 3.8) is 0 Å². The summed E-state index contributed by atoms with van der Waals surface area (Å²) in [5.41, 5.74) is 0.934. The van der Waals surface area contributed by atoms with Crippen LogP contribution in [-0.4, -0.2) is 34.8 Å². The third kappa shape index (κ3) is 8.31. The largest absolute Gasteiger partial charge is 0.386 e. The summed E-state index contributed by atoms with van der Waals surface area (Å²) < 4.78 is 0. The van der Waals surface area contributed by atoms with E-state index < -0.39 is 5.60 Å². The molecule has 26 heavy (non-hydrogen) atoms. The Hall–Kier alpha value is -1.42. The molecule has 0 bridgehead atoms. The lowest BCUT2D eigenvalue weighted by Gasteiger charge is -2.23.